The highest BCUT2D eigenvalue weighted by molar-refractivity contribution is 6.35. The van der Waals surface area contributed by atoms with Crippen molar-refractivity contribution in [1.29, 1.82) is 0 Å². The summed E-state index contributed by atoms with van der Waals surface area (Å²) in [6, 6.07) is 18.1. The maximum absolute atomic E-state index is 14.2. The zero-order chi connectivity index (χ0) is 27.2. The lowest BCUT2D eigenvalue weighted by atomic mass is 9.76. The molecular formula is C30H23ClN4O5. The van der Waals surface area contributed by atoms with Gasteiger partial charge in [0, 0.05) is 28.7 Å². The van der Waals surface area contributed by atoms with Crippen molar-refractivity contribution in [3.63, 3.8) is 0 Å². The van der Waals surface area contributed by atoms with Crippen molar-refractivity contribution in [2.45, 2.75) is 24.5 Å². The van der Waals surface area contributed by atoms with E-state index < -0.39 is 23.4 Å². The standard InChI is InChI=1S/C30H23ClN4O5/c31-19-6-3-5-18-26(19)33-29(38)30(18)25-24(21(34-30)11-16-12-32-20-7-2-1-4-17(16)20)27(36)35(28(25)37)13-15-8-9-22-23(10-15)40-14-39-22/h1-10,12,21,24-25,32,34H,11,13-14H2,(H,33,38)/t21-,24-,25+,30-/m1/s1. The molecule has 5 heterocycles. The van der Waals surface area contributed by atoms with Crippen molar-refractivity contribution in [3.05, 3.63) is 88.6 Å². The van der Waals surface area contributed by atoms with Gasteiger partial charge in [-0.2, -0.15) is 0 Å². The first-order valence-electron chi connectivity index (χ1n) is 13.1. The fourth-order valence-corrected chi connectivity index (χ4v) is 7.16. The van der Waals surface area contributed by atoms with Crippen LogP contribution in [0.3, 0.4) is 0 Å². The SMILES string of the molecule is O=C1[C@H]2[C@@H](C(=O)N1Cc1ccc3c(c1)OCO3)[C@@]1(N[C@@H]2Cc2c[nH]c3ccccc23)C(=O)Nc2c(Cl)cccc21. The zero-order valence-corrected chi connectivity index (χ0v) is 21.8. The molecule has 9 nitrogen and oxygen atoms in total. The molecule has 1 aromatic heterocycles. The van der Waals surface area contributed by atoms with Gasteiger partial charge in [-0.05, 0) is 41.8 Å². The third kappa shape index (κ3) is 3.10. The number of H-pyrrole nitrogens is 1. The Morgan fingerprint density at radius 1 is 0.975 bits per heavy atom. The summed E-state index contributed by atoms with van der Waals surface area (Å²) in [5.41, 5.74) is 2.37. The summed E-state index contributed by atoms with van der Waals surface area (Å²) in [6.45, 7) is 0.201. The van der Waals surface area contributed by atoms with E-state index in [9.17, 15) is 14.4 Å². The molecule has 0 aliphatic carbocycles. The average molecular weight is 555 g/mol. The monoisotopic (exact) mass is 554 g/mol. The summed E-state index contributed by atoms with van der Waals surface area (Å²) >= 11 is 6.47. The number of rotatable bonds is 4. The number of fused-ring (bicyclic) bond motifs is 6. The molecule has 4 aliphatic rings. The highest BCUT2D eigenvalue weighted by Crippen LogP contribution is 2.54. The van der Waals surface area contributed by atoms with E-state index in [1.165, 1.54) is 4.90 Å². The van der Waals surface area contributed by atoms with E-state index in [0.29, 0.717) is 34.2 Å². The van der Waals surface area contributed by atoms with Gasteiger partial charge in [-0.3, -0.25) is 24.6 Å². The first-order valence-corrected chi connectivity index (χ1v) is 13.5. The molecule has 0 unspecified atom stereocenters. The predicted molar refractivity (Wildman–Crippen MR) is 146 cm³/mol. The molecule has 3 N–H and O–H groups in total. The molecule has 0 saturated carbocycles. The number of aromatic amines is 1. The Kier molecular flexibility index (Phi) is 4.90. The van der Waals surface area contributed by atoms with Crippen LogP contribution >= 0.6 is 11.6 Å². The van der Waals surface area contributed by atoms with Gasteiger partial charge in [0.2, 0.25) is 24.5 Å². The number of nitrogens with one attached hydrogen (secondary N) is 3. The summed E-state index contributed by atoms with van der Waals surface area (Å²) in [6.07, 6.45) is 2.38. The summed E-state index contributed by atoms with van der Waals surface area (Å²) < 4.78 is 10.9. The van der Waals surface area contributed by atoms with Crippen LogP contribution in [0.1, 0.15) is 16.7 Å². The minimum absolute atomic E-state index is 0.0706. The lowest BCUT2D eigenvalue weighted by Gasteiger charge is -2.29. The van der Waals surface area contributed by atoms with Crippen molar-refractivity contribution >= 4 is 45.9 Å². The minimum atomic E-state index is -1.42. The van der Waals surface area contributed by atoms with Crippen LogP contribution in [0.15, 0.2) is 66.9 Å². The van der Waals surface area contributed by atoms with Gasteiger partial charge in [-0.15, -0.1) is 0 Å². The van der Waals surface area contributed by atoms with Gasteiger partial charge in [0.25, 0.3) is 0 Å². The number of carbonyl (C=O) groups excluding carboxylic acids is 3. The van der Waals surface area contributed by atoms with Crippen LogP contribution < -0.4 is 20.1 Å². The van der Waals surface area contributed by atoms with E-state index in [-0.39, 0.29) is 31.1 Å². The Bertz CT molecular complexity index is 1770. The summed E-state index contributed by atoms with van der Waals surface area (Å²) in [5.74, 6) is -1.54. The third-order valence-corrected chi connectivity index (χ3v) is 9.00. The number of imide groups is 1. The zero-order valence-electron chi connectivity index (χ0n) is 21.1. The van der Waals surface area contributed by atoms with Gasteiger partial charge in [0.15, 0.2) is 11.5 Å². The lowest BCUT2D eigenvalue weighted by molar-refractivity contribution is -0.143. The number of nitrogens with zero attached hydrogens (tertiary/aromatic N) is 1. The van der Waals surface area contributed by atoms with E-state index in [2.05, 4.69) is 15.6 Å². The number of hydrogen-bond acceptors (Lipinski definition) is 6. The fraction of sp³-hybridized carbons (Fsp3) is 0.233. The molecule has 4 aromatic rings. The number of hydrogen-bond donors (Lipinski definition) is 3. The third-order valence-electron chi connectivity index (χ3n) is 8.68. The quantitative estimate of drug-likeness (QED) is 0.332. The second-order valence-electron chi connectivity index (χ2n) is 10.7. The summed E-state index contributed by atoms with van der Waals surface area (Å²) in [5, 5.41) is 7.81. The number of benzene rings is 3. The van der Waals surface area contributed by atoms with Crippen molar-refractivity contribution in [3.8, 4) is 11.5 Å². The predicted octanol–water partition coefficient (Wildman–Crippen LogP) is 3.71. The van der Waals surface area contributed by atoms with Crippen LogP contribution in [0.25, 0.3) is 10.9 Å². The van der Waals surface area contributed by atoms with Crippen molar-refractivity contribution in [1.82, 2.24) is 15.2 Å². The summed E-state index contributed by atoms with van der Waals surface area (Å²) in [7, 11) is 0. The largest absolute Gasteiger partial charge is 0.454 e. The Hall–Kier alpha value is -4.34. The van der Waals surface area contributed by atoms with Crippen LogP contribution in [0.2, 0.25) is 5.02 Å². The Morgan fingerprint density at radius 2 is 1.82 bits per heavy atom. The Morgan fingerprint density at radius 3 is 2.73 bits per heavy atom. The van der Waals surface area contributed by atoms with Gasteiger partial charge < -0.3 is 19.8 Å². The maximum Gasteiger partial charge on any atom is 0.250 e. The molecule has 40 heavy (non-hydrogen) atoms. The number of anilines is 1. The number of carbonyl (C=O) groups is 3. The van der Waals surface area contributed by atoms with Gasteiger partial charge in [0.05, 0.1) is 29.1 Å². The number of likely N-dealkylation sites (tertiary alicyclic amines) is 1. The molecule has 2 saturated heterocycles. The van der Waals surface area contributed by atoms with E-state index in [4.69, 9.17) is 21.1 Å². The first-order chi connectivity index (χ1) is 19.5. The molecule has 8 rings (SSSR count). The van der Waals surface area contributed by atoms with Gasteiger partial charge in [0.1, 0.15) is 5.54 Å². The highest BCUT2D eigenvalue weighted by atomic mass is 35.5. The molecular weight excluding hydrogens is 532 g/mol. The summed E-state index contributed by atoms with van der Waals surface area (Å²) in [4.78, 5) is 46.7. The van der Waals surface area contributed by atoms with Crippen LogP contribution in [0.5, 0.6) is 11.5 Å². The van der Waals surface area contributed by atoms with Crippen LogP contribution in [-0.2, 0) is 32.9 Å². The fourth-order valence-electron chi connectivity index (χ4n) is 6.94. The molecule has 200 valence electrons. The topological polar surface area (TPSA) is 113 Å². The molecule has 3 amide bonds. The molecule has 0 radical (unpaired) electrons. The molecule has 0 bridgehead atoms. The van der Waals surface area contributed by atoms with Gasteiger partial charge >= 0.3 is 0 Å². The van der Waals surface area contributed by atoms with Crippen molar-refractivity contribution < 1.29 is 23.9 Å². The first kappa shape index (κ1) is 23.5. The second kappa shape index (κ2) is 8.33. The number of aromatic nitrogens is 1. The molecule has 4 aliphatic heterocycles. The van der Waals surface area contributed by atoms with E-state index in [1.54, 1.807) is 30.3 Å². The number of amides is 3. The number of ether oxygens (including phenoxy) is 2. The minimum Gasteiger partial charge on any atom is -0.454 e. The van der Waals surface area contributed by atoms with E-state index >= 15 is 0 Å². The highest BCUT2D eigenvalue weighted by Gasteiger charge is 2.70. The van der Waals surface area contributed by atoms with Crippen LogP contribution in [0, 0.1) is 11.8 Å². The molecule has 4 atom stereocenters. The molecule has 2 fully saturated rings. The van der Waals surface area contributed by atoms with Crippen LogP contribution in [0.4, 0.5) is 5.69 Å². The lowest BCUT2D eigenvalue weighted by Crippen LogP contribution is -2.53. The smallest absolute Gasteiger partial charge is 0.250 e. The number of para-hydroxylation sites is 2. The molecule has 10 heteroatoms. The van der Waals surface area contributed by atoms with Gasteiger partial charge in [-0.1, -0.05) is 48.0 Å². The normalized spacial score (nSPS) is 26.2. The Balaban J connectivity index is 1.22. The van der Waals surface area contributed by atoms with Gasteiger partial charge in [-0.25, -0.2) is 0 Å². The van der Waals surface area contributed by atoms with Crippen molar-refractivity contribution in [2.75, 3.05) is 12.1 Å². The average Bonchev–Trinajstić information content (AvgIpc) is 3.75. The van der Waals surface area contributed by atoms with Crippen LogP contribution in [-0.4, -0.2) is 40.4 Å². The molecule has 1 spiro atoms. The Labute approximate surface area is 233 Å². The van der Waals surface area contributed by atoms with Crippen molar-refractivity contribution in [2.24, 2.45) is 11.8 Å². The number of halogens is 1. The second-order valence-corrected chi connectivity index (χ2v) is 11.1. The van der Waals surface area contributed by atoms with E-state index in [1.807, 2.05) is 36.5 Å². The molecule has 3 aromatic carbocycles. The maximum atomic E-state index is 14.2. The van der Waals surface area contributed by atoms with E-state index in [0.717, 1.165) is 22.0 Å².